The smallest absolute Gasteiger partial charge is 0.244 e. The van der Waals surface area contributed by atoms with Gasteiger partial charge in [0.25, 0.3) is 0 Å². The number of nitrogens with one attached hydrogen (secondary N) is 1. The topological polar surface area (TPSA) is 49.4 Å². The molecule has 0 spiro atoms. The first kappa shape index (κ1) is 20.2. The first-order chi connectivity index (χ1) is 10.9. The molecule has 1 heterocycles. The van der Waals surface area contributed by atoms with Gasteiger partial charge in [-0.15, -0.1) is 12.4 Å². The number of hydrogen-bond donors (Lipinski definition) is 1. The lowest BCUT2D eigenvalue weighted by atomic mass is 10.1. The van der Waals surface area contributed by atoms with Gasteiger partial charge in [-0.05, 0) is 50.3 Å². The molecular weight excluding hydrogens is 398 g/mol. The van der Waals surface area contributed by atoms with Gasteiger partial charge in [0.2, 0.25) is 10.0 Å². The number of benzene rings is 1. The first-order valence-corrected chi connectivity index (χ1v) is 9.96. The fourth-order valence-corrected chi connectivity index (χ4v) is 4.99. The Hall–Kier alpha value is -0.110. The standard InChI is InChI=1S/C15H19Cl2FN2O2S.ClH/c16-12-3-4-13(14(17)15(12)18)23(21,22)20-7-5-11(6-8-20)19-9-10-1-2-10;/h3-4,10-11,19H,1-2,5-9H2;1H. The van der Waals surface area contributed by atoms with E-state index in [-0.39, 0.29) is 22.3 Å². The largest absolute Gasteiger partial charge is 0.314 e. The van der Waals surface area contributed by atoms with Crippen LogP contribution in [0.15, 0.2) is 17.0 Å². The van der Waals surface area contributed by atoms with Crippen molar-refractivity contribution in [1.82, 2.24) is 9.62 Å². The van der Waals surface area contributed by atoms with Gasteiger partial charge in [0, 0.05) is 19.1 Å². The number of sulfonamides is 1. The molecule has 136 valence electrons. The molecule has 2 aliphatic rings. The van der Waals surface area contributed by atoms with Gasteiger partial charge >= 0.3 is 0 Å². The van der Waals surface area contributed by atoms with Gasteiger partial charge in [0.15, 0.2) is 5.82 Å². The maximum absolute atomic E-state index is 13.8. The van der Waals surface area contributed by atoms with Crippen molar-refractivity contribution in [3.63, 3.8) is 0 Å². The number of nitrogens with zero attached hydrogens (tertiary/aromatic N) is 1. The molecule has 24 heavy (non-hydrogen) atoms. The Morgan fingerprint density at radius 1 is 1.17 bits per heavy atom. The molecule has 1 aliphatic heterocycles. The van der Waals surface area contributed by atoms with E-state index in [4.69, 9.17) is 23.2 Å². The third-order valence-electron chi connectivity index (χ3n) is 4.46. The van der Waals surface area contributed by atoms with E-state index >= 15 is 0 Å². The minimum absolute atomic E-state index is 0. The molecule has 9 heteroatoms. The van der Waals surface area contributed by atoms with Gasteiger partial charge in [-0.2, -0.15) is 4.31 Å². The van der Waals surface area contributed by atoms with E-state index in [1.54, 1.807) is 0 Å². The van der Waals surface area contributed by atoms with Crippen LogP contribution >= 0.6 is 35.6 Å². The van der Waals surface area contributed by atoms with E-state index in [9.17, 15) is 12.8 Å². The Morgan fingerprint density at radius 2 is 1.79 bits per heavy atom. The van der Waals surface area contributed by atoms with E-state index in [2.05, 4.69) is 5.32 Å². The summed E-state index contributed by atoms with van der Waals surface area (Å²) in [5, 5.41) is 2.88. The fourth-order valence-electron chi connectivity index (χ4n) is 2.80. The van der Waals surface area contributed by atoms with Crippen molar-refractivity contribution in [3.05, 3.63) is 28.0 Å². The summed E-state index contributed by atoms with van der Waals surface area (Å²) in [6, 6.07) is 2.83. The monoisotopic (exact) mass is 416 g/mol. The molecule has 0 atom stereocenters. The molecule has 0 radical (unpaired) electrons. The zero-order valence-corrected chi connectivity index (χ0v) is 16.1. The molecule has 0 bridgehead atoms. The molecule has 1 aromatic rings. The highest BCUT2D eigenvalue weighted by Crippen LogP contribution is 2.32. The van der Waals surface area contributed by atoms with Crippen molar-refractivity contribution in [2.45, 2.75) is 36.6 Å². The lowest BCUT2D eigenvalue weighted by molar-refractivity contribution is 0.288. The summed E-state index contributed by atoms with van der Waals surface area (Å²) >= 11 is 11.5. The quantitative estimate of drug-likeness (QED) is 0.743. The predicted molar refractivity (Wildman–Crippen MR) is 96.2 cm³/mol. The van der Waals surface area contributed by atoms with Crippen LogP contribution in [0.1, 0.15) is 25.7 Å². The van der Waals surface area contributed by atoms with Crippen molar-refractivity contribution < 1.29 is 12.8 Å². The predicted octanol–water partition coefficient (Wildman–Crippen LogP) is 3.71. The van der Waals surface area contributed by atoms with Crippen LogP contribution in [0, 0.1) is 11.7 Å². The van der Waals surface area contributed by atoms with Crippen LogP contribution in [0.2, 0.25) is 10.0 Å². The highest BCUT2D eigenvalue weighted by Gasteiger charge is 2.32. The highest BCUT2D eigenvalue weighted by atomic mass is 35.5. The molecule has 1 saturated carbocycles. The third kappa shape index (κ3) is 4.34. The van der Waals surface area contributed by atoms with Crippen molar-refractivity contribution in [1.29, 1.82) is 0 Å². The summed E-state index contributed by atoms with van der Waals surface area (Å²) in [6.07, 6.45) is 4.08. The molecular formula is C15H20Cl3FN2O2S. The second-order valence-corrected chi connectivity index (χ2v) is 8.89. The van der Waals surface area contributed by atoms with Gasteiger partial charge in [-0.1, -0.05) is 23.2 Å². The molecule has 3 rings (SSSR count). The van der Waals surface area contributed by atoms with E-state index in [0.717, 1.165) is 25.3 Å². The van der Waals surface area contributed by atoms with Gasteiger partial charge in [0.05, 0.1) is 10.0 Å². The average Bonchev–Trinajstić information content (AvgIpc) is 3.35. The summed E-state index contributed by atoms with van der Waals surface area (Å²) in [7, 11) is -3.80. The zero-order chi connectivity index (χ0) is 16.6. The lowest BCUT2D eigenvalue weighted by Crippen LogP contribution is -2.45. The Balaban J connectivity index is 0.00000208. The van der Waals surface area contributed by atoms with Crippen LogP contribution in [0.3, 0.4) is 0 Å². The highest BCUT2D eigenvalue weighted by molar-refractivity contribution is 7.89. The molecule has 1 aromatic carbocycles. The summed E-state index contributed by atoms with van der Waals surface area (Å²) in [4.78, 5) is -0.217. The van der Waals surface area contributed by atoms with Crippen LogP contribution < -0.4 is 5.32 Å². The zero-order valence-electron chi connectivity index (χ0n) is 13.0. The average molecular weight is 418 g/mol. The number of hydrogen-bond acceptors (Lipinski definition) is 3. The van der Waals surface area contributed by atoms with E-state index < -0.39 is 20.9 Å². The van der Waals surface area contributed by atoms with Gasteiger partial charge in [-0.25, -0.2) is 12.8 Å². The van der Waals surface area contributed by atoms with Crippen LogP contribution in [0.5, 0.6) is 0 Å². The summed E-state index contributed by atoms with van der Waals surface area (Å²) < 4.78 is 40.5. The SMILES string of the molecule is Cl.O=S(=O)(c1ccc(Cl)c(F)c1Cl)N1CCC(NCC2CC2)CC1. The minimum Gasteiger partial charge on any atom is -0.314 e. The summed E-state index contributed by atoms with van der Waals surface area (Å²) in [6.45, 7) is 1.84. The molecule has 1 N–H and O–H groups in total. The van der Waals surface area contributed by atoms with E-state index in [1.807, 2.05) is 0 Å². The van der Waals surface area contributed by atoms with Crippen LogP contribution in [0.4, 0.5) is 4.39 Å². The van der Waals surface area contributed by atoms with Crippen molar-refractivity contribution in [2.75, 3.05) is 19.6 Å². The van der Waals surface area contributed by atoms with E-state index in [0.29, 0.717) is 19.1 Å². The Bertz CT molecular complexity index is 690. The molecule has 0 unspecified atom stereocenters. The molecule has 0 aromatic heterocycles. The second-order valence-electron chi connectivity index (χ2n) is 6.20. The van der Waals surface area contributed by atoms with Gasteiger partial charge in [0.1, 0.15) is 4.90 Å². The number of piperidine rings is 1. The van der Waals surface area contributed by atoms with Crippen molar-refractivity contribution in [3.8, 4) is 0 Å². The summed E-state index contributed by atoms with van der Waals surface area (Å²) in [5.41, 5.74) is 0. The Morgan fingerprint density at radius 3 is 2.38 bits per heavy atom. The molecule has 1 aliphatic carbocycles. The maximum atomic E-state index is 13.8. The van der Waals surface area contributed by atoms with Gasteiger partial charge < -0.3 is 5.32 Å². The Labute approximate surface area is 158 Å². The molecule has 2 fully saturated rings. The van der Waals surface area contributed by atoms with Crippen LogP contribution in [-0.2, 0) is 10.0 Å². The van der Waals surface area contributed by atoms with Crippen molar-refractivity contribution in [2.24, 2.45) is 5.92 Å². The molecule has 0 amide bonds. The normalized spacial score (nSPS) is 20.0. The van der Waals surface area contributed by atoms with Gasteiger partial charge in [-0.3, -0.25) is 0 Å². The van der Waals surface area contributed by atoms with E-state index in [1.165, 1.54) is 29.3 Å². The van der Waals surface area contributed by atoms with Crippen molar-refractivity contribution >= 4 is 45.6 Å². The second kappa shape index (κ2) is 8.06. The molecule has 4 nitrogen and oxygen atoms in total. The Kier molecular flexibility index (Phi) is 6.79. The lowest BCUT2D eigenvalue weighted by Gasteiger charge is -2.32. The first-order valence-electron chi connectivity index (χ1n) is 7.76. The minimum atomic E-state index is -3.80. The number of rotatable bonds is 5. The fraction of sp³-hybridized carbons (Fsp3) is 0.600. The van der Waals surface area contributed by atoms with Crippen LogP contribution in [0.25, 0.3) is 0 Å². The maximum Gasteiger partial charge on any atom is 0.244 e. The van der Waals surface area contributed by atoms with Crippen LogP contribution in [-0.4, -0.2) is 38.4 Å². The third-order valence-corrected chi connectivity index (χ3v) is 7.18. The number of halogens is 4. The molecule has 1 saturated heterocycles. The summed E-state index contributed by atoms with van der Waals surface area (Å²) in [5.74, 6) is -0.0944.